The molecular weight excluding hydrogens is 273 g/mol. The summed E-state index contributed by atoms with van der Waals surface area (Å²) in [7, 11) is 0. The second kappa shape index (κ2) is 4.24. The highest BCUT2D eigenvalue weighted by molar-refractivity contribution is 6.12. The van der Waals surface area contributed by atoms with Gasteiger partial charge < -0.3 is 4.42 Å². The highest BCUT2D eigenvalue weighted by Crippen LogP contribution is 2.23. The number of benzene rings is 1. The van der Waals surface area contributed by atoms with Crippen LogP contribution in [0.15, 0.2) is 53.5 Å². The molecule has 0 fully saturated rings. The zero-order valence-electron chi connectivity index (χ0n) is 10.7. The van der Waals surface area contributed by atoms with Crippen LogP contribution >= 0.6 is 0 Å². The van der Waals surface area contributed by atoms with Crippen LogP contribution in [0.3, 0.4) is 0 Å². The molecule has 3 heterocycles. The Kier molecular flexibility index (Phi) is 2.38. The average Bonchev–Trinajstić information content (AvgIpc) is 3.09. The quantitative estimate of drug-likeness (QED) is 0.530. The van der Waals surface area contributed by atoms with Crippen LogP contribution in [0.25, 0.3) is 16.5 Å². The molecule has 6 heteroatoms. The summed E-state index contributed by atoms with van der Waals surface area (Å²) in [5, 5.41) is 4.64. The minimum atomic E-state index is -0.373. The molecule has 0 aliphatic heterocycles. The smallest absolute Gasteiger partial charge is 0.232 e. The van der Waals surface area contributed by atoms with Gasteiger partial charge in [0.1, 0.15) is 11.4 Å². The maximum atomic E-state index is 13.2. The van der Waals surface area contributed by atoms with Gasteiger partial charge in [0.05, 0.1) is 23.5 Å². The van der Waals surface area contributed by atoms with Crippen molar-refractivity contribution in [1.82, 2.24) is 14.6 Å². The van der Waals surface area contributed by atoms with E-state index in [2.05, 4.69) is 10.1 Å². The second-order valence-corrected chi connectivity index (χ2v) is 4.59. The van der Waals surface area contributed by atoms with Crippen LogP contribution in [-0.2, 0) is 0 Å². The van der Waals surface area contributed by atoms with Crippen LogP contribution in [0.1, 0.15) is 16.1 Å². The van der Waals surface area contributed by atoms with Crippen LogP contribution in [0.4, 0.5) is 4.39 Å². The topological polar surface area (TPSA) is 60.4 Å². The number of furan rings is 1. The van der Waals surface area contributed by atoms with E-state index >= 15 is 0 Å². The Morgan fingerprint density at radius 2 is 2.14 bits per heavy atom. The Morgan fingerprint density at radius 1 is 1.24 bits per heavy atom. The van der Waals surface area contributed by atoms with Crippen LogP contribution in [-0.4, -0.2) is 20.4 Å². The molecule has 102 valence electrons. The van der Waals surface area contributed by atoms with Crippen LogP contribution in [0, 0.1) is 5.82 Å². The van der Waals surface area contributed by atoms with E-state index in [1.807, 2.05) is 0 Å². The SMILES string of the molecule is O=C(c1cc2cc(F)ccc2o1)c1cnn2ccncc12. The van der Waals surface area contributed by atoms with Crippen molar-refractivity contribution in [2.24, 2.45) is 0 Å². The summed E-state index contributed by atoms with van der Waals surface area (Å²) in [6.45, 7) is 0. The number of carbonyl (C=O) groups excluding carboxylic acids is 1. The number of hydrogen-bond donors (Lipinski definition) is 0. The van der Waals surface area contributed by atoms with Gasteiger partial charge >= 0.3 is 0 Å². The molecule has 0 unspecified atom stereocenters. The van der Waals surface area contributed by atoms with Gasteiger partial charge in [-0.25, -0.2) is 8.91 Å². The molecule has 0 spiro atoms. The largest absolute Gasteiger partial charge is 0.453 e. The molecule has 3 aromatic heterocycles. The maximum Gasteiger partial charge on any atom is 0.232 e. The van der Waals surface area contributed by atoms with E-state index in [0.29, 0.717) is 22.0 Å². The summed E-state index contributed by atoms with van der Waals surface area (Å²) in [6, 6.07) is 5.65. The average molecular weight is 281 g/mol. The van der Waals surface area contributed by atoms with E-state index in [9.17, 15) is 9.18 Å². The van der Waals surface area contributed by atoms with Gasteiger partial charge in [-0.05, 0) is 24.3 Å². The Bertz CT molecular complexity index is 987. The Labute approximate surface area is 117 Å². The third kappa shape index (κ3) is 1.80. The van der Waals surface area contributed by atoms with E-state index in [0.717, 1.165) is 0 Å². The summed E-state index contributed by atoms with van der Waals surface area (Å²) in [5.74, 6) is -0.536. The molecule has 0 saturated heterocycles. The van der Waals surface area contributed by atoms with Gasteiger partial charge in [-0.15, -0.1) is 0 Å². The molecular formula is C15H8FN3O2. The Hall–Kier alpha value is -3.02. The number of aromatic nitrogens is 3. The van der Waals surface area contributed by atoms with Crippen molar-refractivity contribution in [2.75, 3.05) is 0 Å². The molecule has 4 aromatic rings. The molecule has 0 amide bonds. The van der Waals surface area contributed by atoms with Gasteiger partial charge in [0, 0.05) is 17.8 Å². The van der Waals surface area contributed by atoms with Gasteiger partial charge in [0.25, 0.3) is 0 Å². The summed E-state index contributed by atoms with van der Waals surface area (Å²) in [4.78, 5) is 16.5. The van der Waals surface area contributed by atoms with E-state index in [4.69, 9.17) is 4.42 Å². The molecule has 0 bridgehead atoms. The highest BCUT2D eigenvalue weighted by atomic mass is 19.1. The summed E-state index contributed by atoms with van der Waals surface area (Å²) in [5.41, 5.74) is 1.45. The lowest BCUT2D eigenvalue weighted by atomic mass is 10.1. The number of ketones is 1. The van der Waals surface area contributed by atoms with Crippen LogP contribution in [0.2, 0.25) is 0 Å². The predicted octanol–water partition coefficient (Wildman–Crippen LogP) is 2.85. The predicted molar refractivity (Wildman–Crippen MR) is 72.6 cm³/mol. The van der Waals surface area contributed by atoms with Crippen LogP contribution < -0.4 is 0 Å². The number of rotatable bonds is 2. The third-order valence-electron chi connectivity index (χ3n) is 3.27. The zero-order valence-corrected chi connectivity index (χ0v) is 10.7. The number of hydrogen-bond acceptors (Lipinski definition) is 4. The standard InChI is InChI=1S/C15H8FN3O2/c16-10-1-2-13-9(5-10)6-14(21-13)15(20)11-7-18-19-4-3-17-8-12(11)19/h1-8H. The molecule has 1 aromatic carbocycles. The number of carbonyl (C=O) groups is 1. The first-order chi connectivity index (χ1) is 10.2. The maximum absolute atomic E-state index is 13.2. The normalized spacial score (nSPS) is 11.3. The van der Waals surface area contributed by atoms with Gasteiger partial charge in [-0.3, -0.25) is 9.78 Å². The number of halogens is 1. The zero-order chi connectivity index (χ0) is 14.4. The van der Waals surface area contributed by atoms with Crippen molar-refractivity contribution >= 4 is 22.3 Å². The van der Waals surface area contributed by atoms with Gasteiger partial charge in [-0.2, -0.15) is 5.10 Å². The van der Waals surface area contributed by atoms with Crippen molar-refractivity contribution in [3.8, 4) is 0 Å². The fraction of sp³-hybridized carbons (Fsp3) is 0. The molecule has 0 saturated carbocycles. The number of nitrogens with zero attached hydrogens (tertiary/aromatic N) is 3. The molecule has 0 aliphatic carbocycles. The molecule has 0 atom stereocenters. The van der Waals surface area contributed by atoms with Crippen molar-refractivity contribution in [2.45, 2.75) is 0 Å². The lowest BCUT2D eigenvalue weighted by Gasteiger charge is -1.94. The van der Waals surface area contributed by atoms with Gasteiger partial charge in [0.2, 0.25) is 5.78 Å². The Morgan fingerprint density at radius 3 is 3.05 bits per heavy atom. The lowest BCUT2D eigenvalue weighted by molar-refractivity contribution is 0.101. The minimum Gasteiger partial charge on any atom is -0.453 e. The molecule has 4 rings (SSSR count). The van der Waals surface area contributed by atoms with E-state index < -0.39 is 0 Å². The fourth-order valence-electron chi connectivity index (χ4n) is 2.27. The second-order valence-electron chi connectivity index (χ2n) is 4.59. The highest BCUT2D eigenvalue weighted by Gasteiger charge is 2.19. The monoisotopic (exact) mass is 281 g/mol. The van der Waals surface area contributed by atoms with E-state index in [1.165, 1.54) is 30.5 Å². The third-order valence-corrected chi connectivity index (χ3v) is 3.27. The van der Waals surface area contributed by atoms with Crippen LogP contribution in [0.5, 0.6) is 0 Å². The molecule has 21 heavy (non-hydrogen) atoms. The first-order valence-corrected chi connectivity index (χ1v) is 6.23. The fourth-order valence-corrected chi connectivity index (χ4v) is 2.27. The van der Waals surface area contributed by atoms with Crippen molar-refractivity contribution < 1.29 is 13.6 Å². The first kappa shape index (κ1) is 11.8. The number of fused-ring (bicyclic) bond motifs is 2. The molecule has 5 nitrogen and oxygen atoms in total. The van der Waals surface area contributed by atoms with Gasteiger partial charge in [0.15, 0.2) is 5.76 Å². The lowest BCUT2D eigenvalue weighted by Crippen LogP contribution is -1.99. The summed E-state index contributed by atoms with van der Waals surface area (Å²) >= 11 is 0. The van der Waals surface area contributed by atoms with Gasteiger partial charge in [-0.1, -0.05) is 0 Å². The minimum absolute atomic E-state index is 0.148. The van der Waals surface area contributed by atoms with Crippen molar-refractivity contribution in [3.63, 3.8) is 0 Å². The molecule has 0 aliphatic rings. The van der Waals surface area contributed by atoms with E-state index in [-0.39, 0.29) is 17.4 Å². The van der Waals surface area contributed by atoms with Crippen molar-refractivity contribution in [1.29, 1.82) is 0 Å². The van der Waals surface area contributed by atoms with Crippen molar-refractivity contribution in [3.05, 3.63) is 66.2 Å². The first-order valence-electron chi connectivity index (χ1n) is 6.23. The molecule has 0 radical (unpaired) electrons. The summed E-state index contributed by atoms with van der Waals surface area (Å²) in [6.07, 6.45) is 6.26. The Balaban J connectivity index is 1.86. The molecule has 0 N–H and O–H groups in total. The van der Waals surface area contributed by atoms with E-state index in [1.54, 1.807) is 23.1 Å². The summed E-state index contributed by atoms with van der Waals surface area (Å²) < 4.78 is 20.2.